The molecule has 0 amide bonds. The van der Waals surface area contributed by atoms with E-state index >= 15 is 0 Å². The van der Waals surface area contributed by atoms with Crippen LogP contribution in [-0.4, -0.2) is 63.0 Å². The van der Waals surface area contributed by atoms with Crippen LogP contribution >= 0.6 is 0 Å². The molecule has 0 bridgehead atoms. The molecule has 126 valence electrons. The Balaban J connectivity index is 1.64. The number of likely N-dealkylation sites (tertiary alicyclic amines) is 1. The van der Waals surface area contributed by atoms with Crippen LogP contribution in [0.1, 0.15) is 45.4 Å². The van der Waals surface area contributed by atoms with Gasteiger partial charge in [-0.15, -0.1) is 0 Å². The van der Waals surface area contributed by atoms with Crippen LogP contribution in [0.4, 0.5) is 0 Å². The minimum atomic E-state index is -0.132. The molecule has 22 heavy (non-hydrogen) atoms. The predicted octanol–water partition coefficient (Wildman–Crippen LogP) is 2.02. The van der Waals surface area contributed by atoms with Crippen molar-refractivity contribution in [3.05, 3.63) is 0 Å². The first-order valence-electron chi connectivity index (χ1n) is 8.87. The van der Waals surface area contributed by atoms with Crippen LogP contribution in [0.2, 0.25) is 0 Å². The Bertz CT molecular complexity index is 401. The molecule has 0 aromatic heterocycles. The molecule has 5 heteroatoms. The molecule has 1 saturated carbocycles. The highest BCUT2D eigenvalue weighted by Crippen LogP contribution is 2.47. The number of rotatable bonds is 4. The largest absolute Gasteiger partial charge is 0.381 e. The molecule has 0 unspecified atom stereocenters. The van der Waals surface area contributed by atoms with E-state index in [1.807, 2.05) is 7.11 Å². The fraction of sp³-hybridized carbons (Fsp3) is 0.941. The van der Waals surface area contributed by atoms with Crippen LogP contribution in [0.15, 0.2) is 4.99 Å². The number of hydrogen-bond donors (Lipinski definition) is 1. The molecule has 2 aliphatic heterocycles. The monoisotopic (exact) mass is 309 g/mol. The van der Waals surface area contributed by atoms with Gasteiger partial charge in [0.25, 0.3) is 0 Å². The minimum absolute atomic E-state index is 0.132. The van der Waals surface area contributed by atoms with Gasteiger partial charge in [-0.05, 0) is 31.6 Å². The van der Waals surface area contributed by atoms with Crippen molar-refractivity contribution in [1.29, 1.82) is 0 Å². The number of aliphatic imine (C=N–C) groups is 1. The Kier molecular flexibility index (Phi) is 4.93. The van der Waals surface area contributed by atoms with E-state index < -0.39 is 0 Å². The first kappa shape index (κ1) is 16.1. The average Bonchev–Trinajstić information content (AvgIpc) is 2.98. The van der Waals surface area contributed by atoms with Gasteiger partial charge < -0.3 is 19.7 Å². The van der Waals surface area contributed by atoms with E-state index in [9.17, 15) is 0 Å². The van der Waals surface area contributed by atoms with Crippen LogP contribution < -0.4 is 5.32 Å². The summed E-state index contributed by atoms with van der Waals surface area (Å²) in [5.74, 6) is 1.08. The average molecular weight is 309 g/mol. The maximum absolute atomic E-state index is 5.81. The molecule has 0 aromatic carbocycles. The third-order valence-electron chi connectivity index (χ3n) is 5.84. The highest BCUT2D eigenvalue weighted by Gasteiger charge is 2.43. The molecular formula is C17H31N3O2. The van der Waals surface area contributed by atoms with Crippen molar-refractivity contribution in [2.75, 3.05) is 46.5 Å². The summed E-state index contributed by atoms with van der Waals surface area (Å²) in [4.78, 5) is 7.40. The van der Waals surface area contributed by atoms with E-state index in [0.29, 0.717) is 5.41 Å². The van der Waals surface area contributed by atoms with Gasteiger partial charge in [-0.2, -0.15) is 0 Å². The van der Waals surface area contributed by atoms with Crippen molar-refractivity contribution in [3.63, 3.8) is 0 Å². The first-order chi connectivity index (χ1) is 10.7. The lowest BCUT2D eigenvalue weighted by molar-refractivity contribution is -0.0829. The molecule has 1 aliphatic carbocycles. The highest BCUT2D eigenvalue weighted by molar-refractivity contribution is 5.80. The van der Waals surface area contributed by atoms with Crippen LogP contribution in [-0.2, 0) is 9.47 Å². The molecule has 0 atom stereocenters. The summed E-state index contributed by atoms with van der Waals surface area (Å²) < 4.78 is 11.3. The van der Waals surface area contributed by atoms with Crippen molar-refractivity contribution < 1.29 is 9.47 Å². The van der Waals surface area contributed by atoms with E-state index in [0.717, 1.165) is 51.6 Å². The highest BCUT2D eigenvalue weighted by atomic mass is 16.5. The van der Waals surface area contributed by atoms with Crippen LogP contribution in [0, 0.1) is 5.41 Å². The number of methoxy groups -OCH3 is 1. The first-order valence-corrected chi connectivity index (χ1v) is 8.87. The lowest BCUT2D eigenvalue weighted by Gasteiger charge is -2.38. The van der Waals surface area contributed by atoms with E-state index in [-0.39, 0.29) is 5.60 Å². The number of hydrogen-bond acceptors (Lipinski definition) is 3. The fourth-order valence-electron chi connectivity index (χ4n) is 4.02. The lowest BCUT2D eigenvalue weighted by atomic mass is 9.68. The number of nitrogens with zero attached hydrogens (tertiary/aromatic N) is 2. The van der Waals surface area contributed by atoms with E-state index in [1.165, 1.54) is 32.2 Å². The Hall–Kier alpha value is -0.810. The van der Waals surface area contributed by atoms with Gasteiger partial charge in [-0.1, -0.05) is 6.42 Å². The van der Waals surface area contributed by atoms with Gasteiger partial charge in [0, 0.05) is 52.8 Å². The summed E-state index contributed by atoms with van der Waals surface area (Å²) >= 11 is 0. The zero-order chi connectivity index (χ0) is 15.5. The molecule has 0 radical (unpaired) electrons. The SMILES string of the molecule is CCNC(=NCC1(OC)CCOCC1)N1CCC2(CCC2)C1. The molecular weight excluding hydrogens is 278 g/mol. The molecule has 2 heterocycles. The molecule has 3 fully saturated rings. The third-order valence-corrected chi connectivity index (χ3v) is 5.84. The maximum Gasteiger partial charge on any atom is 0.194 e. The van der Waals surface area contributed by atoms with Gasteiger partial charge in [0.15, 0.2) is 5.96 Å². The lowest BCUT2D eigenvalue weighted by Crippen LogP contribution is -2.45. The zero-order valence-electron chi connectivity index (χ0n) is 14.2. The second-order valence-corrected chi connectivity index (χ2v) is 7.19. The maximum atomic E-state index is 5.81. The summed E-state index contributed by atoms with van der Waals surface area (Å²) in [6.07, 6.45) is 7.44. The summed E-state index contributed by atoms with van der Waals surface area (Å²) in [7, 11) is 1.81. The number of nitrogens with one attached hydrogen (secondary N) is 1. The smallest absolute Gasteiger partial charge is 0.194 e. The summed E-state index contributed by atoms with van der Waals surface area (Å²) in [6, 6.07) is 0. The standard InChI is InChI=1S/C17H31N3O2/c1-3-18-15(20-10-7-16(14-20)5-4-6-16)19-13-17(21-2)8-11-22-12-9-17/h3-14H2,1-2H3,(H,18,19). The Morgan fingerprint density at radius 1 is 1.23 bits per heavy atom. The predicted molar refractivity (Wildman–Crippen MR) is 88.2 cm³/mol. The summed E-state index contributed by atoms with van der Waals surface area (Å²) in [6.45, 7) is 7.70. The number of ether oxygens (including phenoxy) is 2. The van der Waals surface area contributed by atoms with E-state index in [2.05, 4.69) is 17.1 Å². The summed E-state index contributed by atoms with van der Waals surface area (Å²) in [5, 5.41) is 3.48. The van der Waals surface area contributed by atoms with Crippen molar-refractivity contribution in [2.24, 2.45) is 10.4 Å². The molecule has 1 N–H and O–H groups in total. The van der Waals surface area contributed by atoms with Crippen LogP contribution in [0.25, 0.3) is 0 Å². The third kappa shape index (κ3) is 3.25. The van der Waals surface area contributed by atoms with Crippen molar-refractivity contribution in [3.8, 4) is 0 Å². The molecule has 3 aliphatic rings. The Morgan fingerprint density at radius 3 is 2.55 bits per heavy atom. The molecule has 1 spiro atoms. The minimum Gasteiger partial charge on any atom is -0.381 e. The van der Waals surface area contributed by atoms with Gasteiger partial charge in [-0.25, -0.2) is 0 Å². The van der Waals surface area contributed by atoms with Gasteiger partial charge in [0.2, 0.25) is 0 Å². The fourth-order valence-corrected chi connectivity index (χ4v) is 4.02. The van der Waals surface area contributed by atoms with Crippen LogP contribution in [0.3, 0.4) is 0 Å². The van der Waals surface area contributed by atoms with Gasteiger partial charge in [0.05, 0.1) is 12.1 Å². The Labute approximate surface area is 134 Å². The van der Waals surface area contributed by atoms with E-state index in [1.54, 1.807) is 0 Å². The van der Waals surface area contributed by atoms with Crippen molar-refractivity contribution in [1.82, 2.24) is 10.2 Å². The molecule has 0 aromatic rings. The van der Waals surface area contributed by atoms with Gasteiger partial charge >= 0.3 is 0 Å². The van der Waals surface area contributed by atoms with Crippen molar-refractivity contribution >= 4 is 5.96 Å². The second-order valence-electron chi connectivity index (χ2n) is 7.19. The van der Waals surface area contributed by atoms with Gasteiger partial charge in [0.1, 0.15) is 0 Å². The second kappa shape index (κ2) is 6.75. The van der Waals surface area contributed by atoms with Crippen LogP contribution in [0.5, 0.6) is 0 Å². The van der Waals surface area contributed by atoms with Gasteiger partial charge in [-0.3, -0.25) is 4.99 Å². The topological polar surface area (TPSA) is 46.1 Å². The molecule has 2 saturated heterocycles. The van der Waals surface area contributed by atoms with E-state index in [4.69, 9.17) is 14.5 Å². The summed E-state index contributed by atoms with van der Waals surface area (Å²) in [5.41, 5.74) is 0.473. The molecule has 3 rings (SSSR count). The molecule has 5 nitrogen and oxygen atoms in total. The zero-order valence-corrected chi connectivity index (χ0v) is 14.2. The van der Waals surface area contributed by atoms with Crippen molar-refractivity contribution in [2.45, 2.75) is 51.0 Å². The normalized spacial score (nSPS) is 27.0. The Morgan fingerprint density at radius 2 is 2.00 bits per heavy atom. The quantitative estimate of drug-likeness (QED) is 0.637. The number of guanidine groups is 1.